The molecule has 0 aliphatic heterocycles. The van der Waals surface area contributed by atoms with Crippen molar-refractivity contribution in [3.8, 4) is 22.9 Å². The Morgan fingerprint density at radius 3 is 2.39 bits per heavy atom. The fraction of sp³-hybridized carbons (Fsp3) is 0.200. The number of hydrogen-bond donors (Lipinski definition) is 1. The first-order valence-corrected chi connectivity index (χ1v) is 8.81. The van der Waals surface area contributed by atoms with E-state index in [-0.39, 0.29) is 12.2 Å². The lowest BCUT2D eigenvalue weighted by atomic mass is 10.2. The van der Waals surface area contributed by atoms with Crippen molar-refractivity contribution in [2.45, 2.75) is 12.7 Å². The molecule has 0 bridgehead atoms. The summed E-state index contributed by atoms with van der Waals surface area (Å²) < 4.78 is 69.7. The van der Waals surface area contributed by atoms with Gasteiger partial charge >= 0.3 is 12.3 Å². The Morgan fingerprint density at radius 2 is 1.77 bits per heavy atom. The number of methoxy groups -OCH3 is 2. The average molecular weight is 439 g/mol. The van der Waals surface area contributed by atoms with E-state index in [4.69, 9.17) is 14.2 Å². The number of alkyl halides is 3. The van der Waals surface area contributed by atoms with E-state index in [9.17, 15) is 22.4 Å². The van der Waals surface area contributed by atoms with Crippen LogP contribution in [0, 0.1) is 5.82 Å². The summed E-state index contributed by atoms with van der Waals surface area (Å²) in [6, 6.07) is 9.19. The van der Waals surface area contributed by atoms with Gasteiger partial charge in [-0.1, -0.05) is 12.1 Å². The van der Waals surface area contributed by atoms with Crippen molar-refractivity contribution in [3.63, 3.8) is 0 Å². The summed E-state index contributed by atoms with van der Waals surface area (Å²) in [5, 5.41) is 5.99. The Balaban J connectivity index is 1.80. The number of ether oxygens (including phenoxy) is 3. The fourth-order valence-electron chi connectivity index (χ4n) is 2.84. The number of aromatic nitrogens is 2. The lowest BCUT2D eigenvalue weighted by molar-refractivity contribution is -0.143. The van der Waals surface area contributed by atoms with Crippen LogP contribution < -0.4 is 19.5 Å². The number of nitrogens with zero attached hydrogens (tertiary/aromatic N) is 2. The highest BCUT2D eigenvalue weighted by Gasteiger charge is 2.40. The number of rotatable bonds is 6. The molecular formula is C20H17F4N3O4. The predicted molar refractivity (Wildman–Crippen MR) is 101 cm³/mol. The number of para-hydroxylation sites is 1. The molecule has 1 heterocycles. The van der Waals surface area contributed by atoms with Crippen LogP contribution in [0.4, 0.5) is 22.4 Å². The van der Waals surface area contributed by atoms with Gasteiger partial charge in [0.1, 0.15) is 5.82 Å². The van der Waals surface area contributed by atoms with Crippen LogP contribution in [0.5, 0.6) is 17.2 Å². The van der Waals surface area contributed by atoms with Crippen molar-refractivity contribution in [2.24, 2.45) is 0 Å². The predicted octanol–water partition coefficient (Wildman–Crippen LogP) is 4.34. The Labute approximate surface area is 174 Å². The second-order valence-corrected chi connectivity index (χ2v) is 6.14. The summed E-state index contributed by atoms with van der Waals surface area (Å²) in [4.78, 5) is 12.2. The van der Waals surface area contributed by atoms with Crippen LogP contribution in [0.25, 0.3) is 5.69 Å². The summed E-state index contributed by atoms with van der Waals surface area (Å²) in [6.07, 6.45) is -5.26. The van der Waals surface area contributed by atoms with E-state index in [2.05, 4.69) is 10.4 Å². The van der Waals surface area contributed by atoms with Crippen LogP contribution in [-0.2, 0) is 12.7 Å². The molecule has 1 N–H and O–H groups in total. The zero-order valence-corrected chi connectivity index (χ0v) is 16.4. The van der Waals surface area contributed by atoms with E-state index in [1.807, 2.05) is 0 Å². The third-order valence-corrected chi connectivity index (χ3v) is 4.19. The molecule has 0 radical (unpaired) electrons. The summed E-state index contributed by atoms with van der Waals surface area (Å²) in [5.41, 5.74) is -0.838. The first-order chi connectivity index (χ1) is 14.7. The third-order valence-electron chi connectivity index (χ3n) is 4.19. The molecule has 1 aromatic heterocycles. The van der Waals surface area contributed by atoms with Crippen molar-refractivity contribution in [3.05, 3.63) is 65.7 Å². The highest BCUT2D eigenvalue weighted by atomic mass is 19.4. The number of amides is 1. The van der Waals surface area contributed by atoms with Gasteiger partial charge < -0.3 is 19.5 Å². The number of benzene rings is 2. The molecule has 0 atom stereocenters. The van der Waals surface area contributed by atoms with E-state index in [1.54, 1.807) is 18.2 Å². The maximum absolute atomic E-state index is 13.6. The van der Waals surface area contributed by atoms with Crippen molar-refractivity contribution in [1.82, 2.24) is 15.1 Å². The topological polar surface area (TPSA) is 74.6 Å². The van der Waals surface area contributed by atoms with Gasteiger partial charge in [-0.2, -0.15) is 18.3 Å². The maximum Gasteiger partial charge on any atom is 0.437 e. The minimum atomic E-state index is -4.89. The van der Waals surface area contributed by atoms with Gasteiger partial charge in [-0.05, 0) is 30.3 Å². The highest BCUT2D eigenvalue weighted by Crippen LogP contribution is 2.37. The molecule has 0 aliphatic carbocycles. The number of carbonyl (C=O) groups excluding carboxylic acids is 1. The summed E-state index contributed by atoms with van der Waals surface area (Å²) >= 11 is 0. The molecule has 0 saturated carbocycles. The maximum atomic E-state index is 13.6. The Hall–Kier alpha value is -3.76. The van der Waals surface area contributed by atoms with Gasteiger partial charge in [0, 0.05) is 12.1 Å². The zero-order valence-electron chi connectivity index (χ0n) is 16.4. The minimum Gasteiger partial charge on any atom is -0.493 e. The Kier molecular flexibility index (Phi) is 6.33. The zero-order chi connectivity index (χ0) is 22.6. The van der Waals surface area contributed by atoms with Gasteiger partial charge in [-0.3, -0.25) is 0 Å². The molecule has 0 spiro atoms. The Bertz CT molecular complexity index is 1070. The monoisotopic (exact) mass is 439 g/mol. The van der Waals surface area contributed by atoms with Gasteiger partial charge in [0.25, 0.3) is 0 Å². The summed E-state index contributed by atoms with van der Waals surface area (Å²) in [6.45, 7) is -0.0906. The van der Waals surface area contributed by atoms with Crippen molar-refractivity contribution < 1.29 is 36.6 Å². The van der Waals surface area contributed by atoms with Crippen LogP contribution in [-0.4, -0.2) is 30.1 Å². The molecular weight excluding hydrogens is 422 g/mol. The molecule has 164 valence electrons. The normalized spacial score (nSPS) is 11.2. The van der Waals surface area contributed by atoms with Gasteiger partial charge in [-0.15, -0.1) is 0 Å². The van der Waals surface area contributed by atoms with Crippen LogP contribution >= 0.6 is 0 Å². The van der Waals surface area contributed by atoms with Crippen LogP contribution in [0.3, 0.4) is 0 Å². The lowest BCUT2D eigenvalue weighted by Crippen LogP contribution is -2.27. The Morgan fingerprint density at radius 1 is 1.06 bits per heavy atom. The largest absolute Gasteiger partial charge is 0.493 e. The van der Waals surface area contributed by atoms with Gasteiger partial charge in [0.15, 0.2) is 22.9 Å². The smallest absolute Gasteiger partial charge is 0.437 e. The fourth-order valence-corrected chi connectivity index (χ4v) is 2.84. The van der Waals surface area contributed by atoms with Gasteiger partial charge in [0.2, 0.25) is 0 Å². The molecule has 3 rings (SSSR count). The SMILES string of the molecule is COc1cccc(CNC(=O)Oc2cnn(-c3ccc(F)cc3)c2C(F)(F)F)c1OC. The molecule has 1 amide bonds. The number of carbonyl (C=O) groups is 1. The second-order valence-electron chi connectivity index (χ2n) is 6.14. The molecule has 31 heavy (non-hydrogen) atoms. The average Bonchev–Trinajstić information content (AvgIpc) is 3.16. The molecule has 0 aliphatic rings. The van der Waals surface area contributed by atoms with Crippen LogP contribution in [0.15, 0.2) is 48.7 Å². The van der Waals surface area contributed by atoms with E-state index in [0.717, 1.165) is 30.5 Å². The number of hydrogen-bond acceptors (Lipinski definition) is 5. The van der Waals surface area contributed by atoms with Crippen LogP contribution in [0.1, 0.15) is 11.3 Å². The first-order valence-electron chi connectivity index (χ1n) is 8.81. The third kappa shape index (κ3) is 4.87. The molecule has 0 saturated heterocycles. The van der Waals surface area contributed by atoms with E-state index in [0.29, 0.717) is 21.7 Å². The minimum absolute atomic E-state index is 0.0508. The number of nitrogens with one attached hydrogen (secondary N) is 1. The van der Waals surface area contributed by atoms with Crippen molar-refractivity contribution in [2.75, 3.05) is 14.2 Å². The van der Waals surface area contributed by atoms with Crippen molar-refractivity contribution in [1.29, 1.82) is 0 Å². The molecule has 11 heteroatoms. The molecule has 0 fully saturated rings. The molecule has 3 aromatic rings. The lowest BCUT2D eigenvalue weighted by Gasteiger charge is -2.14. The van der Waals surface area contributed by atoms with Crippen molar-refractivity contribution >= 4 is 6.09 Å². The molecule has 7 nitrogen and oxygen atoms in total. The number of halogens is 4. The van der Waals surface area contributed by atoms with E-state index >= 15 is 0 Å². The van der Waals surface area contributed by atoms with E-state index in [1.165, 1.54) is 14.2 Å². The van der Waals surface area contributed by atoms with E-state index < -0.39 is 29.5 Å². The first kappa shape index (κ1) is 21.9. The highest BCUT2D eigenvalue weighted by molar-refractivity contribution is 5.71. The molecule has 2 aromatic carbocycles. The quantitative estimate of drug-likeness (QED) is 0.579. The van der Waals surface area contributed by atoms with Crippen LogP contribution in [0.2, 0.25) is 0 Å². The standard InChI is InChI=1S/C20H17F4N3O4/c1-29-15-5-3-4-12(17(15)30-2)10-25-19(28)31-16-11-26-27(18(16)20(22,23)24)14-8-6-13(21)7-9-14/h3-9,11H,10H2,1-2H3,(H,25,28). The summed E-state index contributed by atoms with van der Waals surface area (Å²) in [5.74, 6) is -0.624. The summed E-state index contributed by atoms with van der Waals surface area (Å²) in [7, 11) is 2.86. The van der Waals surface area contributed by atoms with Gasteiger partial charge in [-0.25, -0.2) is 13.9 Å². The van der Waals surface area contributed by atoms with Gasteiger partial charge in [0.05, 0.1) is 26.1 Å². The second kappa shape index (κ2) is 8.94. The molecule has 0 unspecified atom stereocenters.